The van der Waals surface area contributed by atoms with Gasteiger partial charge in [-0.05, 0) is 18.2 Å². The fourth-order valence-electron chi connectivity index (χ4n) is 1.16. The van der Waals surface area contributed by atoms with Crippen LogP contribution in [0.5, 0.6) is 0 Å². The molecule has 0 aliphatic rings. The Balaban J connectivity index is 2.56. The Kier molecular flexibility index (Phi) is 1.71. The lowest BCUT2D eigenvalue weighted by atomic mass is 10.4. The van der Waals surface area contributed by atoms with Crippen LogP contribution in [0.15, 0.2) is 24.4 Å². The Bertz CT molecular complexity index is 415. The van der Waals surface area contributed by atoms with Crippen molar-refractivity contribution in [2.75, 3.05) is 0 Å². The summed E-state index contributed by atoms with van der Waals surface area (Å²) < 4.78 is 0. The predicted molar refractivity (Wildman–Crippen MR) is 47.7 cm³/mol. The third-order valence-electron chi connectivity index (χ3n) is 1.76. The van der Waals surface area contributed by atoms with Gasteiger partial charge in [0.25, 0.3) is 5.91 Å². The Morgan fingerprint density at radius 3 is 3.15 bits per heavy atom. The Morgan fingerprint density at radius 2 is 2.46 bits per heavy atom. The molecule has 0 saturated heterocycles. The smallest absolute Gasteiger partial charge is 0.281 e. The minimum atomic E-state index is -0.349. The molecule has 0 atom stereocenters. The van der Waals surface area contributed by atoms with E-state index < -0.39 is 0 Å². The first-order valence-corrected chi connectivity index (χ1v) is 3.76. The molecule has 0 saturated carbocycles. The van der Waals surface area contributed by atoms with Gasteiger partial charge in [0, 0.05) is 6.20 Å². The number of hydrogen-bond acceptors (Lipinski definition) is 3. The molecule has 2 aromatic rings. The molecule has 0 unspecified atom stereocenters. The molecule has 5 nitrogen and oxygen atoms in total. The summed E-state index contributed by atoms with van der Waals surface area (Å²) in [6, 6.07) is 5.29. The first kappa shape index (κ1) is 7.75. The van der Waals surface area contributed by atoms with Crippen molar-refractivity contribution in [2.24, 2.45) is 5.84 Å². The molecule has 0 aliphatic carbocycles. The van der Waals surface area contributed by atoms with E-state index in [1.54, 1.807) is 18.3 Å². The highest BCUT2D eigenvalue weighted by Gasteiger charge is 2.07. The van der Waals surface area contributed by atoms with Crippen LogP contribution in [-0.2, 0) is 0 Å². The number of amides is 1. The standard InChI is InChI=1S/C8H8N4O/c9-12-8(13)7-4-6-5(11-7)2-1-3-10-6/h1-4,11H,9H2,(H,12,13). The van der Waals surface area contributed by atoms with E-state index in [2.05, 4.69) is 9.97 Å². The quantitative estimate of drug-likeness (QED) is 0.329. The highest BCUT2D eigenvalue weighted by atomic mass is 16.2. The molecule has 0 bridgehead atoms. The van der Waals surface area contributed by atoms with Gasteiger partial charge in [-0.1, -0.05) is 0 Å². The van der Waals surface area contributed by atoms with E-state index in [9.17, 15) is 4.79 Å². The van der Waals surface area contributed by atoms with E-state index >= 15 is 0 Å². The summed E-state index contributed by atoms with van der Waals surface area (Å²) in [5.74, 6) is 4.64. The minimum Gasteiger partial charge on any atom is -0.349 e. The number of H-pyrrole nitrogens is 1. The number of rotatable bonds is 1. The molecule has 66 valence electrons. The van der Waals surface area contributed by atoms with Gasteiger partial charge in [-0.25, -0.2) is 5.84 Å². The zero-order valence-electron chi connectivity index (χ0n) is 6.74. The van der Waals surface area contributed by atoms with Gasteiger partial charge >= 0.3 is 0 Å². The van der Waals surface area contributed by atoms with Crippen molar-refractivity contribution in [3.05, 3.63) is 30.1 Å². The lowest BCUT2D eigenvalue weighted by molar-refractivity contribution is 0.0949. The van der Waals surface area contributed by atoms with Crippen LogP contribution < -0.4 is 11.3 Å². The number of hydrogen-bond donors (Lipinski definition) is 3. The third kappa shape index (κ3) is 1.25. The van der Waals surface area contributed by atoms with Gasteiger partial charge in [-0.3, -0.25) is 15.2 Å². The molecule has 0 aromatic carbocycles. The highest BCUT2D eigenvalue weighted by molar-refractivity contribution is 5.96. The second-order valence-corrected chi connectivity index (χ2v) is 2.59. The number of nitrogens with one attached hydrogen (secondary N) is 2. The maximum Gasteiger partial charge on any atom is 0.281 e. The second-order valence-electron chi connectivity index (χ2n) is 2.59. The molecular weight excluding hydrogens is 168 g/mol. The summed E-state index contributed by atoms with van der Waals surface area (Å²) >= 11 is 0. The van der Waals surface area contributed by atoms with Crippen molar-refractivity contribution in [2.45, 2.75) is 0 Å². The summed E-state index contributed by atoms with van der Waals surface area (Å²) in [5, 5.41) is 0. The molecule has 4 N–H and O–H groups in total. The van der Waals surface area contributed by atoms with Crippen LogP contribution in [0.1, 0.15) is 10.5 Å². The van der Waals surface area contributed by atoms with Crippen molar-refractivity contribution in [1.29, 1.82) is 0 Å². The number of nitrogens with two attached hydrogens (primary N) is 1. The number of pyridine rings is 1. The molecule has 13 heavy (non-hydrogen) atoms. The van der Waals surface area contributed by atoms with Crippen LogP contribution in [0, 0.1) is 0 Å². The highest BCUT2D eigenvalue weighted by Crippen LogP contribution is 2.11. The predicted octanol–water partition coefficient (Wildman–Crippen LogP) is 0.166. The van der Waals surface area contributed by atoms with Gasteiger partial charge < -0.3 is 4.98 Å². The molecule has 0 aliphatic heterocycles. The van der Waals surface area contributed by atoms with Crippen molar-refractivity contribution in [1.82, 2.24) is 15.4 Å². The van der Waals surface area contributed by atoms with Crippen LogP contribution in [0.4, 0.5) is 0 Å². The second kappa shape index (κ2) is 2.87. The van der Waals surface area contributed by atoms with Crippen LogP contribution in [0.2, 0.25) is 0 Å². The van der Waals surface area contributed by atoms with Gasteiger partial charge in [-0.15, -0.1) is 0 Å². The lowest BCUT2D eigenvalue weighted by Gasteiger charge is -1.92. The van der Waals surface area contributed by atoms with E-state index in [4.69, 9.17) is 5.84 Å². The molecule has 0 fully saturated rings. The first-order valence-electron chi connectivity index (χ1n) is 3.76. The average Bonchev–Trinajstić information content (AvgIpc) is 2.59. The van der Waals surface area contributed by atoms with Crippen molar-refractivity contribution in [3.63, 3.8) is 0 Å². The van der Waals surface area contributed by atoms with Crippen molar-refractivity contribution >= 4 is 16.9 Å². The SMILES string of the molecule is NNC(=O)c1cc2ncccc2[nH]1. The molecule has 2 rings (SSSR count). The largest absolute Gasteiger partial charge is 0.349 e. The fraction of sp³-hybridized carbons (Fsp3) is 0. The number of aromatic amines is 1. The molecule has 0 radical (unpaired) electrons. The van der Waals surface area contributed by atoms with Gasteiger partial charge in [-0.2, -0.15) is 0 Å². The fourth-order valence-corrected chi connectivity index (χ4v) is 1.16. The topological polar surface area (TPSA) is 83.8 Å². The van der Waals surface area contributed by atoms with E-state index in [-0.39, 0.29) is 5.91 Å². The van der Waals surface area contributed by atoms with Crippen LogP contribution in [-0.4, -0.2) is 15.9 Å². The molecular formula is C8H8N4O. The van der Waals surface area contributed by atoms with Crippen molar-refractivity contribution < 1.29 is 4.79 Å². The van der Waals surface area contributed by atoms with E-state index in [0.29, 0.717) is 5.69 Å². The van der Waals surface area contributed by atoms with Crippen LogP contribution in [0.3, 0.4) is 0 Å². The minimum absolute atomic E-state index is 0.349. The van der Waals surface area contributed by atoms with Gasteiger partial charge in [0.1, 0.15) is 5.69 Å². The number of nitrogens with zero attached hydrogens (tertiary/aromatic N) is 1. The van der Waals surface area contributed by atoms with Gasteiger partial charge in [0.15, 0.2) is 0 Å². The van der Waals surface area contributed by atoms with Crippen LogP contribution >= 0.6 is 0 Å². The molecule has 0 spiro atoms. The number of carbonyl (C=O) groups is 1. The lowest BCUT2D eigenvalue weighted by Crippen LogP contribution is -2.30. The average molecular weight is 176 g/mol. The molecule has 2 aromatic heterocycles. The van der Waals surface area contributed by atoms with Gasteiger partial charge in [0.2, 0.25) is 0 Å². The Morgan fingerprint density at radius 1 is 1.62 bits per heavy atom. The van der Waals surface area contributed by atoms with Crippen molar-refractivity contribution in [3.8, 4) is 0 Å². The van der Waals surface area contributed by atoms with E-state index in [1.165, 1.54) is 0 Å². The summed E-state index contributed by atoms with van der Waals surface area (Å²) in [7, 11) is 0. The maximum atomic E-state index is 11.1. The molecule has 2 heterocycles. The van der Waals surface area contributed by atoms with Gasteiger partial charge in [0.05, 0.1) is 11.0 Å². The van der Waals surface area contributed by atoms with Crippen LogP contribution in [0.25, 0.3) is 11.0 Å². The number of aromatic nitrogens is 2. The number of nitrogen functional groups attached to an aromatic ring is 1. The number of fused-ring (bicyclic) bond motifs is 1. The normalized spacial score (nSPS) is 10.2. The Hall–Kier alpha value is -1.88. The van der Waals surface area contributed by atoms with E-state index in [1.807, 2.05) is 11.5 Å². The third-order valence-corrected chi connectivity index (χ3v) is 1.76. The molecule has 1 amide bonds. The van der Waals surface area contributed by atoms with E-state index in [0.717, 1.165) is 11.0 Å². The zero-order valence-corrected chi connectivity index (χ0v) is 6.74. The summed E-state index contributed by atoms with van der Waals surface area (Å²) in [4.78, 5) is 18.0. The first-order chi connectivity index (χ1) is 6.31. The number of carbonyl (C=O) groups excluding carboxylic acids is 1. The number of hydrazine groups is 1. The maximum absolute atomic E-state index is 11.1. The Labute approximate surface area is 73.9 Å². The summed E-state index contributed by atoms with van der Waals surface area (Å²) in [6.45, 7) is 0. The monoisotopic (exact) mass is 176 g/mol. The zero-order chi connectivity index (χ0) is 9.26. The molecule has 5 heteroatoms. The summed E-state index contributed by atoms with van der Waals surface area (Å²) in [5.41, 5.74) is 4.03. The summed E-state index contributed by atoms with van der Waals surface area (Å²) in [6.07, 6.45) is 1.67.